The quantitative estimate of drug-likeness (QED) is 0.834. The van der Waals surface area contributed by atoms with E-state index in [4.69, 9.17) is 11.6 Å². The smallest absolute Gasteiger partial charge is 0.242 e. The minimum atomic E-state index is -0.973. The number of carbonyl (C=O) groups is 1. The van der Waals surface area contributed by atoms with Gasteiger partial charge in [0.1, 0.15) is 11.2 Å². The largest absolute Gasteiger partial charge is 0.352 e. The summed E-state index contributed by atoms with van der Waals surface area (Å²) in [6.45, 7) is 0. The molecule has 2 nitrogen and oxygen atoms in total. The zero-order valence-corrected chi connectivity index (χ0v) is 12.1. The second-order valence-corrected chi connectivity index (χ2v) is 5.87. The predicted molar refractivity (Wildman–Crippen MR) is 73.1 cm³/mol. The Morgan fingerprint density at radius 1 is 1.44 bits per heavy atom. The Balaban J connectivity index is 2.05. The van der Waals surface area contributed by atoms with E-state index in [1.54, 1.807) is 6.07 Å². The van der Waals surface area contributed by atoms with E-state index < -0.39 is 11.2 Å². The van der Waals surface area contributed by atoms with Crippen molar-refractivity contribution in [1.29, 1.82) is 0 Å². The summed E-state index contributed by atoms with van der Waals surface area (Å²) in [6, 6.07) is 4.72. The topological polar surface area (TPSA) is 29.1 Å². The van der Waals surface area contributed by atoms with Crippen molar-refractivity contribution in [2.24, 2.45) is 0 Å². The number of hydrogen-bond donors (Lipinski definition) is 1. The maximum atomic E-state index is 13.7. The lowest BCUT2D eigenvalue weighted by Gasteiger charge is -2.16. The molecule has 0 saturated heterocycles. The van der Waals surface area contributed by atoms with E-state index in [-0.39, 0.29) is 17.5 Å². The van der Waals surface area contributed by atoms with Gasteiger partial charge in [0.15, 0.2) is 0 Å². The molecule has 5 heteroatoms. The van der Waals surface area contributed by atoms with Crippen molar-refractivity contribution < 1.29 is 9.18 Å². The molecule has 1 aliphatic carbocycles. The SMILES string of the molecule is O=C(NC1CCCC1)C(Cl)c1ccc(Br)cc1F. The number of benzene rings is 1. The summed E-state index contributed by atoms with van der Waals surface area (Å²) in [5, 5.41) is 1.90. The van der Waals surface area contributed by atoms with Crippen LogP contribution in [-0.4, -0.2) is 11.9 Å². The number of carbonyl (C=O) groups excluding carboxylic acids is 1. The number of halogens is 3. The molecule has 0 spiro atoms. The highest BCUT2D eigenvalue weighted by Crippen LogP contribution is 2.27. The van der Waals surface area contributed by atoms with Crippen LogP contribution in [0, 0.1) is 5.82 Å². The summed E-state index contributed by atoms with van der Waals surface area (Å²) in [5.74, 6) is -0.782. The average Bonchev–Trinajstić information content (AvgIpc) is 2.81. The van der Waals surface area contributed by atoms with Crippen LogP contribution in [0.4, 0.5) is 4.39 Å². The lowest BCUT2D eigenvalue weighted by molar-refractivity contribution is -0.121. The molecule has 0 radical (unpaired) electrons. The Morgan fingerprint density at radius 2 is 2.11 bits per heavy atom. The second-order valence-electron chi connectivity index (χ2n) is 4.52. The molecule has 1 atom stereocenters. The number of nitrogens with one attached hydrogen (secondary N) is 1. The standard InChI is InChI=1S/C13H14BrClFNO/c14-8-5-6-10(11(16)7-8)12(15)13(18)17-9-3-1-2-4-9/h5-7,9,12H,1-4H2,(H,17,18). The van der Waals surface area contributed by atoms with Crippen molar-refractivity contribution in [2.75, 3.05) is 0 Å². The van der Waals surface area contributed by atoms with Crippen molar-refractivity contribution >= 4 is 33.4 Å². The summed E-state index contributed by atoms with van der Waals surface area (Å²) in [5.41, 5.74) is 0.218. The van der Waals surface area contributed by atoms with Gasteiger partial charge < -0.3 is 5.32 Å². The molecule has 1 aliphatic rings. The maximum absolute atomic E-state index is 13.7. The molecular formula is C13H14BrClFNO. The summed E-state index contributed by atoms with van der Waals surface area (Å²) in [7, 11) is 0. The zero-order chi connectivity index (χ0) is 13.1. The number of hydrogen-bond acceptors (Lipinski definition) is 1. The molecule has 0 heterocycles. The molecule has 1 aromatic rings. The predicted octanol–water partition coefficient (Wildman–Crippen LogP) is 3.93. The molecule has 1 saturated carbocycles. The number of alkyl halides is 1. The Kier molecular flexibility index (Phi) is 4.62. The third-order valence-electron chi connectivity index (χ3n) is 3.17. The van der Waals surface area contributed by atoms with E-state index >= 15 is 0 Å². The first kappa shape index (κ1) is 13.8. The van der Waals surface area contributed by atoms with E-state index in [1.807, 2.05) is 0 Å². The average molecular weight is 335 g/mol. The fraction of sp³-hybridized carbons (Fsp3) is 0.462. The monoisotopic (exact) mass is 333 g/mol. The Morgan fingerprint density at radius 3 is 2.72 bits per heavy atom. The van der Waals surface area contributed by atoms with Gasteiger partial charge in [0.25, 0.3) is 0 Å². The first-order chi connectivity index (χ1) is 8.58. The highest BCUT2D eigenvalue weighted by molar-refractivity contribution is 9.10. The molecule has 98 valence electrons. The van der Waals surface area contributed by atoms with Crippen molar-refractivity contribution in [3.05, 3.63) is 34.1 Å². The van der Waals surface area contributed by atoms with Gasteiger partial charge in [-0.1, -0.05) is 34.8 Å². The highest BCUT2D eigenvalue weighted by Gasteiger charge is 2.25. The molecule has 1 fully saturated rings. The van der Waals surface area contributed by atoms with Gasteiger partial charge in [-0.2, -0.15) is 0 Å². The number of rotatable bonds is 3. The summed E-state index contributed by atoms with van der Waals surface area (Å²) in [4.78, 5) is 11.9. The first-order valence-corrected chi connectivity index (χ1v) is 7.20. The molecule has 18 heavy (non-hydrogen) atoms. The van der Waals surface area contributed by atoms with Gasteiger partial charge in [0, 0.05) is 16.1 Å². The van der Waals surface area contributed by atoms with Crippen LogP contribution in [0.2, 0.25) is 0 Å². The summed E-state index contributed by atoms with van der Waals surface area (Å²) < 4.78 is 14.3. The molecular weight excluding hydrogens is 321 g/mol. The van der Waals surface area contributed by atoms with E-state index in [1.165, 1.54) is 12.1 Å². The fourth-order valence-electron chi connectivity index (χ4n) is 2.19. The van der Waals surface area contributed by atoms with Crippen LogP contribution in [-0.2, 0) is 4.79 Å². The summed E-state index contributed by atoms with van der Waals surface area (Å²) >= 11 is 9.20. The molecule has 1 aromatic carbocycles. The Labute approximate surface area is 119 Å². The van der Waals surface area contributed by atoms with Gasteiger partial charge in [-0.05, 0) is 25.0 Å². The zero-order valence-electron chi connectivity index (χ0n) is 9.76. The lowest BCUT2D eigenvalue weighted by Crippen LogP contribution is -2.35. The molecule has 2 rings (SSSR count). The summed E-state index contributed by atoms with van der Waals surface area (Å²) in [6.07, 6.45) is 4.23. The number of amides is 1. The van der Waals surface area contributed by atoms with E-state index in [2.05, 4.69) is 21.2 Å². The van der Waals surface area contributed by atoms with Gasteiger partial charge in [-0.15, -0.1) is 11.6 Å². The molecule has 1 unspecified atom stereocenters. The molecule has 0 aromatic heterocycles. The van der Waals surface area contributed by atoms with Gasteiger partial charge in [0.05, 0.1) is 0 Å². The minimum absolute atomic E-state index is 0.192. The van der Waals surface area contributed by atoms with Crippen LogP contribution in [0.3, 0.4) is 0 Å². The third kappa shape index (κ3) is 3.23. The van der Waals surface area contributed by atoms with Crippen LogP contribution >= 0.6 is 27.5 Å². The van der Waals surface area contributed by atoms with Crippen molar-refractivity contribution in [3.8, 4) is 0 Å². The van der Waals surface area contributed by atoms with Crippen molar-refractivity contribution in [1.82, 2.24) is 5.32 Å². The third-order valence-corrected chi connectivity index (χ3v) is 4.09. The van der Waals surface area contributed by atoms with Gasteiger partial charge in [-0.3, -0.25) is 4.79 Å². The van der Waals surface area contributed by atoms with Crippen LogP contribution in [0.25, 0.3) is 0 Å². The Hall–Kier alpha value is -0.610. The van der Waals surface area contributed by atoms with Crippen LogP contribution in [0.15, 0.2) is 22.7 Å². The van der Waals surface area contributed by atoms with Crippen molar-refractivity contribution in [2.45, 2.75) is 37.1 Å². The molecule has 0 bridgehead atoms. The van der Waals surface area contributed by atoms with E-state index in [0.717, 1.165) is 25.7 Å². The highest BCUT2D eigenvalue weighted by atomic mass is 79.9. The minimum Gasteiger partial charge on any atom is -0.352 e. The fourth-order valence-corrected chi connectivity index (χ4v) is 2.77. The maximum Gasteiger partial charge on any atom is 0.242 e. The van der Waals surface area contributed by atoms with Gasteiger partial charge in [0.2, 0.25) is 5.91 Å². The second kappa shape index (κ2) is 6.02. The normalized spacial score (nSPS) is 17.7. The van der Waals surface area contributed by atoms with E-state index in [0.29, 0.717) is 4.47 Å². The van der Waals surface area contributed by atoms with Crippen LogP contribution in [0.1, 0.15) is 36.6 Å². The Bertz CT molecular complexity index is 449. The molecule has 0 aliphatic heterocycles. The van der Waals surface area contributed by atoms with Crippen molar-refractivity contribution in [3.63, 3.8) is 0 Å². The van der Waals surface area contributed by atoms with Crippen LogP contribution < -0.4 is 5.32 Å². The first-order valence-electron chi connectivity index (χ1n) is 5.97. The molecule has 1 N–H and O–H groups in total. The molecule has 1 amide bonds. The lowest BCUT2D eigenvalue weighted by atomic mass is 10.1. The van der Waals surface area contributed by atoms with Gasteiger partial charge in [-0.25, -0.2) is 4.39 Å². The van der Waals surface area contributed by atoms with Gasteiger partial charge >= 0.3 is 0 Å². The van der Waals surface area contributed by atoms with Crippen LogP contribution in [0.5, 0.6) is 0 Å². The van der Waals surface area contributed by atoms with E-state index in [9.17, 15) is 9.18 Å².